The molecule has 0 saturated heterocycles. The van der Waals surface area contributed by atoms with Crippen molar-refractivity contribution in [1.29, 1.82) is 0 Å². The number of carbonyl (C=O) groups excluding carboxylic acids is 2. The zero-order valence-corrected chi connectivity index (χ0v) is 15.2. The molecule has 1 aromatic rings. The fourth-order valence-electron chi connectivity index (χ4n) is 1.15. The van der Waals surface area contributed by atoms with Crippen LogP contribution in [-0.2, 0) is 14.3 Å². The molecule has 0 bridgehead atoms. The molecule has 0 saturated carbocycles. The van der Waals surface area contributed by atoms with E-state index >= 15 is 0 Å². The molecule has 108 valence electrons. The summed E-state index contributed by atoms with van der Waals surface area (Å²) in [6, 6.07) is 3.49. The first-order valence-corrected chi connectivity index (χ1v) is 8.03. The third-order valence-corrected chi connectivity index (χ3v) is 3.61. The first kappa shape index (κ1) is 17.4. The summed E-state index contributed by atoms with van der Waals surface area (Å²) in [5, 5.41) is 0. The Bertz CT molecular complexity index is 517. The number of ether oxygens (including phenoxy) is 2. The van der Waals surface area contributed by atoms with Crippen LogP contribution in [0, 0.1) is 0 Å². The van der Waals surface area contributed by atoms with Crippen molar-refractivity contribution in [3.8, 4) is 5.75 Å². The predicted molar refractivity (Wildman–Crippen MR) is 85.6 cm³/mol. The molecule has 1 aromatic carbocycles. The number of benzene rings is 1. The van der Waals surface area contributed by atoms with E-state index < -0.39 is 11.9 Å². The highest BCUT2D eigenvalue weighted by molar-refractivity contribution is 9.11. The molecule has 20 heavy (non-hydrogen) atoms. The average Bonchev–Trinajstić information content (AvgIpc) is 2.38. The van der Waals surface area contributed by atoms with Crippen molar-refractivity contribution in [2.24, 2.45) is 0 Å². The molecule has 0 atom stereocenters. The Morgan fingerprint density at radius 2 is 1.65 bits per heavy atom. The van der Waals surface area contributed by atoms with Gasteiger partial charge in [-0.15, -0.1) is 0 Å². The van der Waals surface area contributed by atoms with Crippen LogP contribution in [0.4, 0.5) is 0 Å². The summed E-state index contributed by atoms with van der Waals surface area (Å²) in [5.74, 6) is -0.898. The number of halogens is 3. The van der Waals surface area contributed by atoms with Crippen molar-refractivity contribution >= 4 is 59.7 Å². The van der Waals surface area contributed by atoms with E-state index in [-0.39, 0.29) is 0 Å². The Labute approximate surface area is 141 Å². The Balaban J connectivity index is 2.68. The summed E-state index contributed by atoms with van der Waals surface area (Å²) in [7, 11) is 0. The highest BCUT2D eigenvalue weighted by Gasteiger charge is 2.11. The summed E-state index contributed by atoms with van der Waals surface area (Å²) in [6.07, 6.45) is 2.79. The Morgan fingerprint density at radius 1 is 1.10 bits per heavy atom. The van der Waals surface area contributed by atoms with E-state index in [0.717, 1.165) is 23.0 Å². The first-order valence-electron chi connectivity index (χ1n) is 5.65. The van der Waals surface area contributed by atoms with Gasteiger partial charge in [0.1, 0.15) is 0 Å². The van der Waals surface area contributed by atoms with Gasteiger partial charge in [-0.2, -0.15) is 0 Å². The monoisotopic (exact) mass is 468 g/mol. The molecule has 4 nitrogen and oxygen atoms in total. The summed E-state index contributed by atoms with van der Waals surface area (Å²) in [4.78, 5) is 22.8. The fraction of sp³-hybridized carbons (Fsp3) is 0.231. The topological polar surface area (TPSA) is 52.6 Å². The molecule has 0 aliphatic carbocycles. The van der Waals surface area contributed by atoms with Gasteiger partial charge in [-0.1, -0.05) is 22.9 Å². The second-order valence-corrected chi connectivity index (χ2v) is 6.24. The summed E-state index contributed by atoms with van der Waals surface area (Å²) < 4.78 is 12.0. The molecular weight excluding hydrogens is 460 g/mol. The number of hydrogen-bond acceptors (Lipinski definition) is 4. The molecule has 0 unspecified atom stereocenters. The van der Waals surface area contributed by atoms with Crippen molar-refractivity contribution in [2.45, 2.75) is 13.3 Å². The van der Waals surface area contributed by atoms with E-state index in [1.807, 2.05) is 6.92 Å². The maximum absolute atomic E-state index is 11.6. The van der Waals surface area contributed by atoms with Crippen LogP contribution in [0.3, 0.4) is 0 Å². The zero-order chi connectivity index (χ0) is 15.1. The third kappa shape index (κ3) is 5.76. The van der Waals surface area contributed by atoms with Crippen molar-refractivity contribution in [1.82, 2.24) is 0 Å². The lowest BCUT2D eigenvalue weighted by Gasteiger charge is -2.07. The Kier molecular flexibility index (Phi) is 7.47. The Hall–Kier alpha value is -0.660. The van der Waals surface area contributed by atoms with E-state index in [2.05, 4.69) is 47.8 Å². The molecule has 0 radical (unpaired) electrons. The van der Waals surface area contributed by atoms with Crippen LogP contribution in [0.5, 0.6) is 5.75 Å². The van der Waals surface area contributed by atoms with Gasteiger partial charge < -0.3 is 9.47 Å². The quantitative estimate of drug-likeness (QED) is 0.364. The van der Waals surface area contributed by atoms with Crippen LogP contribution in [0.1, 0.15) is 13.3 Å². The minimum absolute atomic E-state index is 0.321. The van der Waals surface area contributed by atoms with Gasteiger partial charge in [-0.25, -0.2) is 9.59 Å². The first-order chi connectivity index (χ1) is 9.43. The number of carbonyl (C=O) groups is 2. The van der Waals surface area contributed by atoms with Crippen LogP contribution in [0.25, 0.3) is 0 Å². The van der Waals surface area contributed by atoms with Gasteiger partial charge in [0.05, 0.1) is 15.6 Å². The minimum atomic E-state index is -0.665. The second kappa shape index (κ2) is 8.59. The molecule has 1 rings (SSSR count). The molecule has 0 aliphatic rings. The van der Waals surface area contributed by atoms with Crippen molar-refractivity contribution in [3.63, 3.8) is 0 Å². The second-order valence-electron chi connectivity index (χ2n) is 3.62. The van der Waals surface area contributed by atoms with Crippen molar-refractivity contribution in [3.05, 3.63) is 37.7 Å². The molecule has 0 spiro atoms. The fourth-order valence-corrected chi connectivity index (χ4v) is 3.57. The van der Waals surface area contributed by atoms with E-state index in [9.17, 15) is 9.59 Å². The van der Waals surface area contributed by atoms with Crippen molar-refractivity contribution in [2.75, 3.05) is 6.61 Å². The SMILES string of the molecule is CCCOC(=O)/C=C/C(=O)Oc1c(Br)cc(Br)cc1Br. The van der Waals surface area contributed by atoms with Gasteiger partial charge in [0, 0.05) is 16.6 Å². The average molecular weight is 471 g/mol. The molecule has 0 amide bonds. The number of hydrogen-bond donors (Lipinski definition) is 0. The third-order valence-electron chi connectivity index (χ3n) is 1.97. The lowest BCUT2D eigenvalue weighted by molar-refractivity contribution is -0.138. The highest BCUT2D eigenvalue weighted by Crippen LogP contribution is 2.36. The zero-order valence-electron chi connectivity index (χ0n) is 10.5. The molecular formula is C13H11Br3O4. The number of esters is 2. The largest absolute Gasteiger partial charge is 0.463 e. The molecule has 0 aliphatic heterocycles. The maximum Gasteiger partial charge on any atom is 0.336 e. The van der Waals surface area contributed by atoms with Crippen LogP contribution in [0.15, 0.2) is 37.7 Å². The van der Waals surface area contributed by atoms with E-state index in [1.165, 1.54) is 0 Å². The smallest absolute Gasteiger partial charge is 0.336 e. The van der Waals surface area contributed by atoms with Gasteiger partial charge in [0.2, 0.25) is 0 Å². The van der Waals surface area contributed by atoms with E-state index in [1.54, 1.807) is 12.1 Å². The van der Waals surface area contributed by atoms with Crippen molar-refractivity contribution < 1.29 is 19.1 Å². The van der Waals surface area contributed by atoms with Crippen LogP contribution < -0.4 is 4.74 Å². The lowest BCUT2D eigenvalue weighted by Crippen LogP contribution is -2.07. The van der Waals surface area contributed by atoms with Crippen LogP contribution >= 0.6 is 47.8 Å². The van der Waals surface area contributed by atoms with E-state index in [0.29, 0.717) is 21.3 Å². The van der Waals surface area contributed by atoms with Crippen LogP contribution in [-0.4, -0.2) is 18.5 Å². The summed E-state index contributed by atoms with van der Waals surface area (Å²) in [6.45, 7) is 2.20. The summed E-state index contributed by atoms with van der Waals surface area (Å²) in [5.41, 5.74) is 0. The van der Waals surface area contributed by atoms with Gasteiger partial charge in [0.15, 0.2) is 5.75 Å². The van der Waals surface area contributed by atoms with Gasteiger partial charge in [-0.05, 0) is 50.4 Å². The van der Waals surface area contributed by atoms with Gasteiger partial charge >= 0.3 is 11.9 Å². The standard InChI is InChI=1S/C13H11Br3O4/c1-2-5-19-11(17)3-4-12(18)20-13-9(15)6-8(14)7-10(13)16/h3-4,6-7H,2,5H2,1H3/b4-3+. The molecule has 0 aromatic heterocycles. The highest BCUT2D eigenvalue weighted by atomic mass is 79.9. The summed E-state index contributed by atoms with van der Waals surface area (Å²) >= 11 is 9.89. The van der Waals surface area contributed by atoms with E-state index in [4.69, 9.17) is 9.47 Å². The lowest BCUT2D eigenvalue weighted by atomic mass is 10.3. The normalized spacial score (nSPS) is 10.6. The van der Waals surface area contributed by atoms with Gasteiger partial charge in [-0.3, -0.25) is 0 Å². The molecule has 0 N–H and O–H groups in total. The maximum atomic E-state index is 11.6. The Morgan fingerprint density at radius 3 is 2.20 bits per heavy atom. The van der Waals surface area contributed by atoms with Gasteiger partial charge in [0.25, 0.3) is 0 Å². The molecule has 7 heteroatoms. The number of rotatable bonds is 5. The molecule has 0 heterocycles. The molecule has 0 fully saturated rings. The van der Waals surface area contributed by atoms with Crippen LogP contribution in [0.2, 0.25) is 0 Å². The predicted octanol–water partition coefficient (Wildman–Crippen LogP) is 4.39. The minimum Gasteiger partial charge on any atom is -0.463 e.